The summed E-state index contributed by atoms with van der Waals surface area (Å²) in [6, 6.07) is 19.8. The molecular formula is C27H26N2O4S. The van der Waals surface area contributed by atoms with E-state index in [0.29, 0.717) is 37.7 Å². The number of piperazine rings is 1. The Hall–Kier alpha value is -3.45. The Kier molecular flexibility index (Phi) is 5.96. The fourth-order valence-electron chi connectivity index (χ4n) is 4.95. The summed E-state index contributed by atoms with van der Waals surface area (Å²) in [6.07, 6.45) is -0.313. The van der Waals surface area contributed by atoms with E-state index in [0.717, 1.165) is 11.3 Å². The number of hydrogen-bond donors (Lipinski definition) is 2. The average molecular weight is 475 g/mol. The number of carbonyl (C=O) groups excluding carboxylic acids is 1. The summed E-state index contributed by atoms with van der Waals surface area (Å²) in [5.74, 6) is -0.943. The highest BCUT2D eigenvalue weighted by molar-refractivity contribution is 7.80. The Balaban J connectivity index is 1.24. The van der Waals surface area contributed by atoms with Gasteiger partial charge >= 0.3 is 12.1 Å². The molecule has 0 atom stereocenters. The molecule has 1 aliphatic heterocycles. The third-order valence-corrected chi connectivity index (χ3v) is 7.28. The molecule has 1 heterocycles. The van der Waals surface area contributed by atoms with Crippen LogP contribution in [0, 0.1) is 6.92 Å². The van der Waals surface area contributed by atoms with Crippen LogP contribution in [-0.4, -0.2) is 54.9 Å². The van der Waals surface area contributed by atoms with Crippen LogP contribution in [0.25, 0.3) is 11.1 Å². The smallest absolute Gasteiger partial charge is 0.409 e. The molecule has 1 fully saturated rings. The predicted octanol–water partition coefficient (Wildman–Crippen LogP) is 5.05. The summed E-state index contributed by atoms with van der Waals surface area (Å²) < 4.78 is 5.79. The SMILES string of the molecule is Cc1c(S)cc(C(=O)O)cc1N1CCN(C(=O)OCC2c3ccccc3-c3ccccc32)CC1. The molecule has 7 heteroatoms. The molecule has 2 aliphatic rings. The molecule has 1 saturated heterocycles. The van der Waals surface area contributed by atoms with Crippen LogP contribution >= 0.6 is 12.6 Å². The molecular weight excluding hydrogens is 448 g/mol. The van der Waals surface area contributed by atoms with E-state index in [1.165, 1.54) is 22.3 Å². The van der Waals surface area contributed by atoms with E-state index in [1.807, 2.05) is 31.2 Å². The summed E-state index contributed by atoms with van der Waals surface area (Å²) in [4.78, 5) is 28.8. The Labute approximate surface area is 204 Å². The number of carboxylic acids is 1. The molecule has 1 aliphatic carbocycles. The lowest BCUT2D eigenvalue weighted by atomic mass is 9.98. The fourth-order valence-corrected chi connectivity index (χ4v) is 5.20. The van der Waals surface area contributed by atoms with Gasteiger partial charge in [-0.15, -0.1) is 12.6 Å². The second-order valence-corrected chi connectivity index (χ2v) is 9.20. The van der Waals surface area contributed by atoms with Crippen molar-refractivity contribution in [1.29, 1.82) is 0 Å². The normalized spacial score (nSPS) is 15.1. The van der Waals surface area contributed by atoms with Gasteiger partial charge in [0, 0.05) is 42.7 Å². The number of hydrogen-bond acceptors (Lipinski definition) is 5. The van der Waals surface area contributed by atoms with Crippen molar-refractivity contribution in [3.05, 3.63) is 82.9 Å². The maximum Gasteiger partial charge on any atom is 0.409 e. The van der Waals surface area contributed by atoms with Gasteiger partial charge in [-0.3, -0.25) is 0 Å². The van der Waals surface area contributed by atoms with Gasteiger partial charge in [-0.1, -0.05) is 48.5 Å². The number of rotatable bonds is 4. The first-order valence-corrected chi connectivity index (χ1v) is 11.8. The van der Waals surface area contributed by atoms with Crippen molar-refractivity contribution in [1.82, 2.24) is 4.90 Å². The Morgan fingerprint density at radius 1 is 0.971 bits per heavy atom. The van der Waals surface area contributed by atoms with E-state index in [1.54, 1.807) is 17.0 Å². The number of aromatic carboxylic acids is 1. The number of carboxylic acid groups (broad SMARTS) is 1. The van der Waals surface area contributed by atoms with Crippen LogP contribution in [-0.2, 0) is 4.74 Å². The molecule has 0 radical (unpaired) electrons. The number of thiol groups is 1. The molecule has 0 bridgehead atoms. The van der Waals surface area contributed by atoms with Crippen molar-refractivity contribution in [3.8, 4) is 11.1 Å². The van der Waals surface area contributed by atoms with E-state index < -0.39 is 5.97 Å². The Bertz CT molecular complexity index is 1220. The van der Waals surface area contributed by atoms with E-state index in [9.17, 15) is 14.7 Å². The minimum atomic E-state index is -0.978. The van der Waals surface area contributed by atoms with Crippen molar-refractivity contribution < 1.29 is 19.4 Å². The molecule has 1 amide bonds. The molecule has 5 rings (SSSR count). The summed E-state index contributed by atoms with van der Waals surface area (Å²) in [6.45, 7) is 4.45. The number of anilines is 1. The van der Waals surface area contributed by atoms with Gasteiger partial charge in [-0.05, 0) is 46.9 Å². The molecule has 174 valence electrons. The predicted molar refractivity (Wildman–Crippen MR) is 134 cm³/mol. The van der Waals surface area contributed by atoms with Crippen LogP contribution in [0.4, 0.5) is 10.5 Å². The van der Waals surface area contributed by atoms with Crippen LogP contribution in [0.2, 0.25) is 0 Å². The van der Waals surface area contributed by atoms with Gasteiger partial charge in [0.25, 0.3) is 0 Å². The first-order valence-electron chi connectivity index (χ1n) is 11.4. The van der Waals surface area contributed by atoms with E-state index in [2.05, 4.69) is 41.8 Å². The first kappa shape index (κ1) is 22.3. The molecule has 0 saturated carbocycles. The van der Waals surface area contributed by atoms with Gasteiger partial charge in [-0.25, -0.2) is 9.59 Å². The van der Waals surface area contributed by atoms with Gasteiger partial charge in [0.05, 0.1) is 5.56 Å². The second kappa shape index (κ2) is 9.06. The maximum atomic E-state index is 12.9. The monoisotopic (exact) mass is 474 g/mol. The van der Waals surface area contributed by atoms with Crippen LogP contribution in [0.15, 0.2) is 65.6 Å². The van der Waals surface area contributed by atoms with Crippen LogP contribution in [0.1, 0.15) is 33.0 Å². The fraction of sp³-hybridized carbons (Fsp3) is 0.259. The van der Waals surface area contributed by atoms with Crippen LogP contribution in [0.3, 0.4) is 0 Å². The number of benzene rings is 3. The van der Waals surface area contributed by atoms with Gasteiger partial charge in [-0.2, -0.15) is 0 Å². The largest absolute Gasteiger partial charge is 0.478 e. The van der Waals surface area contributed by atoms with Crippen molar-refractivity contribution >= 4 is 30.4 Å². The average Bonchev–Trinajstić information content (AvgIpc) is 3.18. The zero-order valence-electron chi connectivity index (χ0n) is 18.9. The number of nitrogens with zero attached hydrogens (tertiary/aromatic N) is 2. The molecule has 1 N–H and O–H groups in total. The molecule has 0 unspecified atom stereocenters. The Morgan fingerprint density at radius 3 is 2.15 bits per heavy atom. The van der Waals surface area contributed by atoms with E-state index in [-0.39, 0.29) is 17.6 Å². The first-order chi connectivity index (χ1) is 16.4. The highest BCUT2D eigenvalue weighted by atomic mass is 32.1. The summed E-state index contributed by atoms with van der Waals surface area (Å²) in [7, 11) is 0. The van der Waals surface area contributed by atoms with Gasteiger partial charge in [0.2, 0.25) is 0 Å². The summed E-state index contributed by atoms with van der Waals surface area (Å²) >= 11 is 4.44. The lowest BCUT2D eigenvalue weighted by Crippen LogP contribution is -2.49. The third-order valence-electron chi connectivity index (χ3n) is 6.81. The molecule has 0 spiro atoms. The zero-order valence-corrected chi connectivity index (χ0v) is 19.8. The van der Waals surface area contributed by atoms with Crippen molar-refractivity contribution in [2.45, 2.75) is 17.7 Å². The van der Waals surface area contributed by atoms with E-state index >= 15 is 0 Å². The number of fused-ring (bicyclic) bond motifs is 3. The Morgan fingerprint density at radius 2 is 1.56 bits per heavy atom. The topological polar surface area (TPSA) is 70.1 Å². The van der Waals surface area contributed by atoms with Crippen molar-refractivity contribution in [2.24, 2.45) is 0 Å². The number of amides is 1. The van der Waals surface area contributed by atoms with Gasteiger partial charge in [0.1, 0.15) is 6.61 Å². The molecule has 0 aromatic heterocycles. The van der Waals surface area contributed by atoms with Crippen molar-refractivity contribution in [2.75, 3.05) is 37.7 Å². The quantitative estimate of drug-likeness (QED) is 0.518. The molecule has 3 aromatic carbocycles. The zero-order chi connectivity index (χ0) is 23.8. The third kappa shape index (κ3) is 4.01. The maximum absolute atomic E-state index is 12.9. The number of ether oxygens (including phenoxy) is 1. The van der Waals surface area contributed by atoms with Crippen LogP contribution in [0.5, 0.6) is 0 Å². The minimum Gasteiger partial charge on any atom is -0.478 e. The van der Waals surface area contributed by atoms with E-state index in [4.69, 9.17) is 4.74 Å². The molecule has 34 heavy (non-hydrogen) atoms. The van der Waals surface area contributed by atoms with Crippen molar-refractivity contribution in [3.63, 3.8) is 0 Å². The lowest BCUT2D eigenvalue weighted by molar-refractivity contribution is 0.0696. The highest BCUT2D eigenvalue weighted by Gasteiger charge is 2.30. The van der Waals surface area contributed by atoms with Gasteiger partial charge in [0.15, 0.2) is 0 Å². The number of carbonyl (C=O) groups is 2. The van der Waals surface area contributed by atoms with Gasteiger partial charge < -0.3 is 19.6 Å². The minimum absolute atomic E-state index is 0.0351. The summed E-state index contributed by atoms with van der Waals surface area (Å²) in [5, 5.41) is 9.39. The highest BCUT2D eigenvalue weighted by Crippen LogP contribution is 2.44. The molecule has 3 aromatic rings. The lowest BCUT2D eigenvalue weighted by Gasteiger charge is -2.36. The summed E-state index contributed by atoms with van der Waals surface area (Å²) in [5.41, 5.74) is 6.78. The second-order valence-electron chi connectivity index (χ2n) is 8.72. The van der Waals surface area contributed by atoms with Crippen LogP contribution < -0.4 is 4.90 Å². The standard InChI is InChI=1S/C27H26N2O4S/c1-17-24(14-18(26(30)31)15-25(17)34)28-10-12-29(13-11-28)27(32)33-16-23-21-8-4-2-6-19(21)20-7-3-5-9-22(20)23/h2-9,14-15,23,34H,10-13,16H2,1H3,(H,30,31). The molecule has 6 nitrogen and oxygen atoms in total.